The quantitative estimate of drug-likeness (QED) is 0.855. The molecule has 0 unspecified atom stereocenters. The van der Waals surface area contributed by atoms with Gasteiger partial charge in [-0.15, -0.1) is 0 Å². The molecule has 0 aromatic heterocycles. The van der Waals surface area contributed by atoms with Crippen molar-refractivity contribution in [1.82, 2.24) is 5.32 Å². The molecule has 0 aliphatic carbocycles. The number of nitrogens with one attached hydrogen (secondary N) is 2. The number of anilines is 1. The highest BCUT2D eigenvalue weighted by Crippen LogP contribution is 2.15. The number of hydrogen-bond donors (Lipinski definition) is 2. The molecule has 1 heterocycles. The predicted molar refractivity (Wildman–Crippen MR) is 71.9 cm³/mol. The molecule has 1 saturated heterocycles. The van der Waals surface area contributed by atoms with Gasteiger partial charge in [-0.2, -0.15) is 0 Å². The third-order valence-corrected chi connectivity index (χ3v) is 3.25. The third kappa shape index (κ3) is 3.23. The normalized spacial score (nSPS) is 19.3. The fraction of sp³-hybridized carbons (Fsp3) is 0.500. The number of ether oxygens (including phenoxy) is 1. The summed E-state index contributed by atoms with van der Waals surface area (Å²) < 4.78 is 5.40. The Morgan fingerprint density at radius 2 is 2.28 bits per heavy atom. The van der Waals surface area contributed by atoms with Gasteiger partial charge in [-0.05, 0) is 30.9 Å². The molecule has 18 heavy (non-hydrogen) atoms. The van der Waals surface area contributed by atoms with Crippen molar-refractivity contribution in [3.63, 3.8) is 0 Å². The summed E-state index contributed by atoms with van der Waals surface area (Å²) in [6.45, 7) is 2.30. The molecule has 1 atom stereocenters. The van der Waals surface area contributed by atoms with Crippen molar-refractivity contribution < 1.29 is 9.53 Å². The minimum Gasteiger partial charge on any atom is -0.387 e. The zero-order chi connectivity index (χ0) is 12.8. The largest absolute Gasteiger partial charge is 0.387 e. The van der Waals surface area contributed by atoms with Gasteiger partial charge in [-0.3, -0.25) is 4.79 Å². The standard InChI is InChI=1S/C14H20N2O2/c1-15-13-7-3-2-6-12(13)14(17)16-9-11-5-4-8-18-10-11/h2-3,6-7,11,15H,4-5,8-10H2,1H3,(H,16,17)/t11-/m0/s1. The van der Waals surface area contributed by atoms with E-state index >= 15 is 0 Å². The minimum atomic E-state index is -0.0227. The Labute approximate surface area is 108 Å². The van der Waals surface area contributed by atoms with Crippen LogP contribution in [0.2, 0.25) is 0 Å². The molecule has 1 aliphatic heterocycles. The molecule has 1 amide bonds. The van der Waals surface area contributed by atoms with Crippen LogP contribution in [0.25, 0.3) is 0 Å². The van der Waals surface area contributed by atoms with Gasteiger partial charge in [0.25, 0.3) is 5.91 Å². The van der Waals surface area contributed by atoms with Gasteiger partial charge < -0.3 is 15.4 Å². The van der Waals surface area contributed by atoms with Crippen LogP contribution >= 0.6 is 0 Å². The van der Waals surface area contributed by atoms with Crippen LogP contribution in [-0.2, 0) is 4.74 Å². The third-order valence-electron chi connectivity index (χ3n) is 3.25. The Morgan fingerprint density at radius 1 is 1.44 bits per heavy atom. The van der Waals surface area contributed by atoms with Crippen molar-refractivity contribution >= 4 is 11.6 Å². The lowest BCUT2D eigenvalue weighted by molar-refractivity contribution is 0.0536. The summed E-state index contributed by atoms with van der Waals surface area (Å²) in [6.07, 6.45) is 2.22. The average Bonchev–Trinajstić information content (AvgIpc) is 2.45. The van der Waals surface area contributed by atoms with E-state index in [1.165, 1.54) is 0 Å². The highest BCUT2D eigenvalue weighted by Gasteiger charge is 2.16. The van der Waals surface area contributed by atoms with Gasteiger partial charge in [0.1, 0.15) is 0 Å². The number of para-hydroxylation sites is 1. The van der Waals surface area contributed by atoms with Crippen molar-refractivity contribution in [3.8, 4) is 0 Å². The maximum Gasteiger partial charge on any atom is 0.253 e. The Balaban J connectivity index is 1.90. The van der Waals surface area contributed by atoms with Gasteiger partial charge in [0.15, 0.2) is 0 Å². The molecule has 2 rings (SSSR count). The first-order valence-corrected chi connectivity index (χ1v) is 6.44. The van der Waals surface area contributed by atoms with Crippen LogP contribution in [-0.4, -0.2) is 32.7 Å². The minimum absolute atomic E-state index is 0.0227. The van der Waals surface area contributed by atoms with Crippen molar-refractivity contribution in [2.45, 2.75) is 12.8 Å². The molecule has 1 fully saturated rings. The van der Waals surface area contributed by atoms with E-state index in [9.17, 15) is 4.79 Å². The van der Waals surface area contributed by atoms with Crippen molar-refractivity contribution in [3.05, 3.63) is 29.8 Å². The van der Waals surface area contributed by atoms with E-state index in [0.717, 1.165) is 31.7 Å². The first-order chi connectivity index (χ1) is 8.81. The second-order valence-electron chi connectivity index (χ2n) is 4.59. The smallest absolute Gasteiger partial charge is 0.253 e. The highest BCUT2D eigenvalue weighted by atomic mass is 16.5. The lowest BCUT2D eigenvalue weighted by Gasteiger charge is -2.22. The molecule has 0 saturated carbocycles. The summed E-state index contributed by atoms with van der Waals surface area (Å²) >= 11 is 0. The van der Waals surface area contributed by atoms with Crippen LogP contribution in [0.3, 0.4) is 0 Å². The van der Waals surface area contributed by atoms with E-state index < -0.39 is 0 Å². The van der Waals surface area contributed by atoms with Crippen molar-refractivity contribution in [2.75, 3.05) is 32.1 Å². The van der Waals surface area contributed by atoms with Gasteiger partial charge in [0, 0.05) is 25.9 Å². The number of carbonyl (C=O) groups excluding carboxylic acids is 1. The summed E-state index contributed by atoms with van der Waals surface area (Å²) in [6, 6.07) is 7.52. The van der Waals surface area contributed by atoms with Gasteiger partial charge in [0.05, 0.1) is 12.2 Å². The molecule has 0 spiro atoms. The molecule has 0 bridgehead atoms. The Bertz CT molecular complexity index is 401. The van der Waals surface area contributed by atoms with Crippen LogP contribution in [0, 0.1) is 5.92 Å². The summed E-state index contributed by atoms with van der Waals surface area (Å²) in [7, 11) is 1.82. The zero-order valence-electron chi connectivity index (χ0n) is 10.7. The fourth-order valence-corrected chi connectivity index (χ4v) is 2.20. The highest BCUT2D eigenvalue weighted by molar-refractivity contribution is 5.99. The van der Waals surface area contributed by atoms with Crippen LogP contribution in [0.1, 0.15) is 23.2 Å². The van der Waals surface area contributed by atoms with Gasteiger partial charge in [-0.1, -0.05) is 12.1 Å². The molecule has 4 nitrogen and oxygen atoms in total. The van der Waals surface area contributed by atoms with E-state index in [-0.39, 0.29) is 5.91 Å². The maximum absolute atomic E-state index is 12.1. The molecule has 2 N–H and O–H groups in total. The number of rotatable bonds is 4. The van der Waals surface area contributed by atoms with E-state index in [0.29, 0.717) is 18.0 Å². The number of hydrogen-bond acceptors (Lipinski definition) is 3. The second-order valence-corrected chi connectivity index (χ2v) is 4.59. The van der Waals surface area contributed by atoms with Crippen LogP contribution in [0.5, 0.6) is 0 Å². The van der Waals surface area contributed by atoms with Gasteiger partial charge >= 0.3 is 0 Å². The fourth-order valence-electron chi connectivity index (χ4n) is 2.20. The van der Waals surface area contributed by atoms with E-state index in [4.69, 9.17) is 4.74 Å². The Hall–Kier alpha value is -1.55. The summed E-state index contributed by atoms with van der Waals surface area (Å²) in [5.74, 6) is 0.426. The first-order valence-electron chi connectivity index (χ1n) is 6.44. The molecule has 4 heteroatoms. The van der Waals surface area contributed by atoms with Crippen LogP contribution < -0.4 is 10.6 Å². The number of carbonyl (C=O) groups is 1. The Morgan fingerprint density at radius 3 is 3.00 bits per heavy atom. The van der Waals surface area contributed by atoms with Gasteiger partial charge in [-0.25, -0.2) is 0 Å². The lowest BCUT2D eigenvalue weighted by atomic mass is 10.0. The molecule has 1 aromatic carbocycles. The topological polar surface area (TPSA) is 50.4 Å². The zero-order valence-corrected chi connectivity index (χ0v) is 10.7. The maximum atomic E-state index is 12.1. The number of amides is 1. The van der Waals surface area contributed by atoms with E-state index in [1.54, 1.807) is 0 Å². The van der Waals surface area contributed by atoms with Crippen LogP contribution in [0.15, 0.2) is 24.3 Å². The molecule has 0 radical (unpaired) electrons. The van der Waals surface area contributed by atoms with Crippen LogP contribution in [0.4, 0.5) is 5.69 Å². The van der Waals surface area contributed by atoms with Gasteiger partial charge in [0.2, 0.25) is 0 Å². The molecule has 1 aromatic rings. The van der Waals surface area contributed by atoms with E-state index in [1.807, 2.05) is 31.3 Å². The molecule has 98 valence electrons. The Kier molecular flexibility index (Phi) is 4.59. The predicted octanol–water partition coefficient (Wildman–Crippen LogP) is 1.88. The summed E-state index contributed by atoms with van der Waals surface area (Å²) in [4.78, 5) is 12.1. The van der Waals surface area contributed by atoms with E-state index in [2.05, 4.69) is 10.6 Å². The molecular weight excluding hydrogens is 228 g/mol. The molecular formula is C14H20N2O2. The lowest BCUT2D eigenvalue weighted by Crippen LogP contribution is -2.33. The first kappa shape index (κ1) is 12.9. The summed E-state index contributed by atoms with van der Waals surface area (Å²) in [5.41, 5.74) is 1.55. The van der Waals surface area contributed by atoms with Crippen molar-refractivity contribution in [1.29, 1.82) is 0 Å². The second kappa shape index (κ2) is 6.40. The average molecular weight is 248 g/mol. The van der Waals surface area contributed by atoms with Crippen molar-refractivity contribution in [2.24, 2.45) is 5.92 Å². The molecule has 1 aliphatic rings. The number of benzene rings is 1. The summed E-state index contributed by atoms with van der Waals surface area (Å²) in [5, 5.41) is 6.01. The monoisotopic (exact) mass is 248 g/mol. The SMILES string of the molecule is CNc1ccccc1C(=O)NC[C@@H]1CCCOC1.